The van der Waals surface area contributed by atoms with E-state index in [2.05, 4.69) is 29.3 Å². The van der Waals surface area contributed by atoms with Crippen LogP contribution in [0.25, 0.3) is 0 Å². The minimum absolute atomic E-state index is 0.532. The van der Waals surface area contributed by atoms with Crippen LogP contribution in [0.3, 0.4) is 0 Å². The maximum absolute atomic E-state index is 4.59. The second-order valence-corrected chi connectivity index (χ2v) is 5.65. The summed E-state index contributed by atoms with van der Waals surface area (Å²) in [4.78, 5) is 4.59. The number of hydrogen-bond donors (Lipinski definition) is 1. The van der Waals surface area contributed by atoms with Gasteiger partial charge in [-0.15, -0.1) is 0 Å². The molecule has 1 N–H and O–H groups in total. The lowest BCUT2D eigenvalue weighted by atomic mass is 10.1. The van der Waals surface area contributed by atoms with Crippen LogP contribution in [0.1, 0.15) is 19.5 Å². The van der Waals surface area contributed by atoms with Gasteiger partial charge in [0, 0.05) is 38.0 Å². The Morgan fingerprint density at radius 2 is 2.41 bits per heavy atom. The highest BCUT2D eigenvalue weighted by Crippen LogP contribution is 2.19. The Hall–Kier alpha value is -0.970. The third-order valence-corrected chi connectivity index (χ3v) is 4.29. The lowest BCUT2D eigenvalue weighted by Gasteiger charge is -2.28. The summed E-state index contributed by atoms with van der Waals surface area (Å²) in [6.45, 7) is 5.31. The zero-order valence-corrected chi connectivity index (χ0v) is 11.5. The van der Waals surface area contributed by atoms with Crippen molar-refractivity contribution in [2.24, 2.45) is 18.0 Å². The van der Waals surface area contributed by atoms with Crippen molar-refractivity contribution >= 4 is 16.9 Å². The largest absolute Gasteiger partial charge is 0.362 e. The van der Waals surface area contributed by atoms with E-state index in [1.165, 1.54) is 0 Å². The zero-order chi connectivity index (χ0) is 12.3. The number of hydrogen-bond acceptors (Lipinski definition) is 3. The predicted octanol–water partition coefficient (Wildman–Crippen LogP) is 1.68. The summed E-state index contributed by atoms with van der Waals surface area (Å²) < 4.78 is 1.83. The fraction of sp³-hybridized carbons (Fsp3) is 0.667. The van der Waals surface area contributed by atoms with Crippen molar-refractivity contribution < 1.29 is 0 Å². The van der Waals surface area contributed by atoms with Crippen molar-refractivity contribution in [3.8, 4) is 0 Å². The van der Waals surface area contributed by atoms with Crippen molar-refractivity contribution in [2.45, 2.75) is 26.3 Å². The first kappa shape index (κ1) is 12.5. The molecule has 17 heavy (non-hydrogen) atoms. The van der Waals surface area contributed by atoms with Crippen LogP contribution in [-0.2, 0) is 13.5 Å². The topological polar surface area (TPSA) is 42.2 Å². The molecule has 0 bridgehead atoms. The normalized spacial score (nSPS) is 27.1. The van der Waals surface area contributed by atoms with Crippen LogP contribution >= 0.6 is 11.8 Å². The van der Waals surface area contributed by atoms with Gasteiger partial charge in [0.15, 0.2) is 5.17 Å². The Morgan fingerprint density at radius 3 is 3.06 bits per heavy atom. The first-order valence-corrected chi connectivity index (χ1v) is 7.06. The van der Waals surface area contributed by atoms with Crippen LogP contribution in [0.5, 0.6) is 0 Å². The molecule has 4 nitrogen and oxygen atoms in total. The summed E-state index contributed by atoms with van der Waals surface area (Å²) >= 11 is 1.83. The third-order valence-electron chi connectivity index (χ3n) is 3.08. The maximum Gasteiger partial charge on any atom is 0.156 e. The summed E-state index contributed by atoms with van der Waals surface area (Å²) in [7, 11) is 1.94. The first-order chi connectivity index (χ1) is 8.15. The summed E-state index contributed by atoms with van der Waals surface area (Å²) in [6.07, 6.45) is 2.89. The van der Waals surface area contributed by atoms with Gasteiger partial charge >= 0.3 is 0 Å². The Morgan fingerprint density at radius 1 is 1.59 bits per heavy atom. The lowest BCUT2D eigenvalue weighted by molar-refractivity contribution is 0.490. The molecule has 94 valence electrons. The van der Waals surface area contributed by atoms with Crippen molar-refractivity contribution in [1.29, 1.82) is 0 Å². The second kappa shape index (κ2) is 5.58. The highest BCUT2D eigenvalue weighted by atomic mass is 32.2. The van der Waals surface area contributed by atoms with E-state index in [4.69, 9.17) is 0 Å². The van der Waals surface area contributed by atoms with Gasteiger partial charge < -0.3 is 5.32 Å². The zero-order valence-electron chi connectivity index (χ0n) is 10.7. The second-order valence-electron chi connectivity index (χ2n) is 4.64. The van der Waals surface area contributed by atoms with Crippen LogP contribution in [0.15, 0.2) is 17.3 Å². The minimum Gasteiger partial charge on any atom is -0.362 e. The highest BCUT2D eigenvalue weighted by Gasteiger charge is 2.20. The molecule has 0 spiro atoms. The Bertz CT molecular complexity index is 399. The Kier molecular flexibility index (Phi) is 4.10. The predicted molar refractivity (Wildman–Crippen MR) is 73.4 cm³/mol. The number of nitrogens with one attached hydrogen (secondary N) is 1. The smallest absolute Gasteiger partial charge is 0.156 e. The minimum atomic E-state index is 0.532. The van der Waals surface area contributed by atoms with Gasteiger partial charge in [0.2, 0.25) is 0 Å². The quantitative estimate of drug-likeness (QED) is 0.890. The van der Waals surface area contributed by atoms with Crippen molar-refractivity contribution in [1.82, 2.24) is 15.1 Å². The van der Waals surface area contributed by atoms with Crippen LogP contribution in [0.4, 0.5) is 0 Å². The lowest BCUT2D eigenvalue weighted by Crippen LogP contribution is -2.41. The molecule has 2 heterocycles. The summed E-state index contributed by atoms with van der Waals surface area (Å²) in [5.41, 5.74) is 1.11. The molecule has 1 saturated heterocycles. The number of aromatic nitrogens is 2. The average molecular weight is 252 g/mol. The average Bonchev–Trinajstić information content (AvgIpc) is 2.70. The Labute approximate surface area is 107 Å². The number of aliphatic imine (C=N–C) groups is 1. The van der Waals surface area contributed by atoms with E-state index in [1.807, 2.05) is 35.8 Å². The molecule has 2 rings (SSSR count). The van der Waals surface area contributed by atoms with E-state index in [0.717, 1.165) is 35.5 Å². The van der Waals surface area contributed by atoms with E-state index < -0.39 is 0 Å². The molecule has 0 saturated carbocycles. The van der Waals surface area contributed by atoms with Crippen LogP contribution in [-0.4, -0.2) is 33.3 Å². The van der Waals surface area contributed by atoms with E-state index in [-0.39, 0.29) is 0 Å². The summed E-state index contributed by atoms with van der Waals surface area (Å²) in [5, 5.41) is 8.87. The molecule has 0 aromatic carbocycles. The molecular weight excluding hydrogens is 232 g/mol. The van der Waals surface area contributed by atoms with Gasteiger partial charge in [-0.1, -0.05) is 18.7 Å². The molecule has 1 aromatic heterocycles. The summed E-state index contributed by atoms with van der Waals surface area (Å²) in [6, 6.07) is 2.58. The molecule has 2 unspecified atom stereocenters. The van der Waals surface area contributed by atoms with Crippen molar-refractivity contribution in [2.75, 3.05) is 12.3 Å². The van der Waals surface area contributed by atoms with Gasteiger partial charge in [-0.3, -0.25) is 9.67 Å². The molecule has 0 amide bonds. The molecule has 0 aliphatic carbocycles. The van der Waals surface area contributed by atoms with Crippen molar-refractivity contribution in [3.05, 3.63) is 18.0 Å². The molecule has 2 atom stereocenters. The molecule has 1 aliphatic rings. The van der Waals surface area contributed by atoms with E-state index in [0.29, 0.717) is 6.04 Å². The fourth-order valence-electron chi connectivity index (χ4n) is 1.69. The number of rotatable bonds is 3. The number of amidine groups is 1. The molecule has 1 aromatic rings. The van der Waals surface area contributed by atoms with Gasteiger partial charge in [0.05, 0.1) is 5.69 Å². The van der Waals surface area contributed by atoms with Gasteiger partial charge in [0.25, 0.3) is 0 Å². The molecule has 1 fully saturated rings. The number of nitrogens with zero attached hydrogens (tertiary/aromatic N) is 3. The standard InChI is InChI=1S/C12H20N4S/c1-9-8-17-12(14-10(9)2)13-6-4-11-5-7-16(3)15-11/h5,7,9-10H,4,6,8H2,1-3H3,(H,13,14). The van der Waals surface area contributed by atoms with Gasteiger partial charge in [-0.2, -0.15) is 5.10 Å². The van der Waals surface area contributed by atoms with Gasteiger partial charge in [0.1, 0.15) is 0 Å². The monoisotopic (exact) mass is 252 g/mol. The molecule has 0 radical (unpaired) electrons. The highest BCUT2D eigenvalue weighted by molar-refractivity contribution is 8.13. The first-order valence-electron chi connectivity index (χ1n) is 6.07. The van der Waals surface area contributed by atoms with E-state index in [9.17, 15) is 0 Å². The van der Waals surface area contributed by atoms with Gasteiger partial charge in [-0.05, 0) is 18.9 Å². The van der Waals surface area contributed by atoms with Crippen LogP contribution in [0, 0.1) is 5.92 Å². The maximum atomic E-state index is 4.59. The van der Waals surface area contributed by atoms with E-state index >= 15 is 0 Å². The Balaban J connectivity index is 1.81. The number of thioether (sulfide) groups is 1. The summed E-state index contributed by atoms with van der Waals surface area (Å²) in [5.74, 6) is 1.88. The third kappa shape index (κ3) is 3.49. The van der Waals surface area contributed by atoms with Crippen molar-refractivity contribution in [3.63, 3.8) is 0 Å². The molecule has 1 aliphatic heterocycles. The number of aryl methyl sites for hydroxylation is 1. The molecular formula is C12H20N4S. The fourth-order valence-corrected chi connectivity index (χ4v) is 2.85. The van der Waals surface area contributed by atoms with E-state index in [1.54, 1.807) is 0 Å². The van der Waals surface area contributed by atoms with Crippen LogP contribution in [0.2, 0.25) is 0 Å². The van der Waals surface area contributed by atoms with Crippen LogP contribution < -0.4 is 5.32 Å². The van der Waals surface area contributed by atoms with Gasteiger partial charge in [-0.25, -0.2) is 0 Å². The molecule has 5 heteroatoms. The SMILES string of the molecule is CC1CSC(=NCCc2ccn(C)n2)NC1C.